The minimum Gasteiger partial charge on any atom is -0.359 e. The summed E-state index contributed by atoms with van der Waals surface area (Å²) in [6, 6.07) is 10.7. The molecule has 0 spiro atoms. The van der Waals surface area contributed by atoms with Gasteiger partial charge in [-0.1, -0.05) is 23.7 Å². The molecular formula is C18H22ClFN3O2S+. The van der Waals surface area contributed by atoms with Gasteiger partial charge < -0.3 is 9.80 Å². The number of likely N-dealkylation sites (N-methyl/N-ethyl adjacent to an activating group) is 1. The Hall–Kier alpha value is -1.83. The second-order valence-electron chi connectivity index (χ2n) is 6.29. The van der Waals surface area contributed by atoms with E-state index in [1.54, 1.807) is 12.1 Å². The van der Waals surface area contributed by atoms with Gasteiger partial charge in [0.25, 0.3) is 10.0 Å². The van der Waals surface area contributed by atoms with Crippen molar-refractivity contribution in [1.29, 1.82) is 0 Å². The molecule has 1 aliphatic rings. The van der Waals surface area contributed by atoms with Crippen LogP contribution in [0.1, 0.15) is 6.92 Å². The number of nitrogens with one attached hydrogen (secondary N) is 2. The first-order valence-electron chi connectivity index (χ1n) is 8.56. The van der Waals surface area contributed by atoms with Crippen LogP contribution in [0.3, 0.4) is 0 Å². The lowest BCUT2D eigenvalue weighted by atomic mass is 10.2. The molecule has 0 unspecified atom stereocenters. The molecule has 1 saturated heterocycles. The summed E-state index contributed by atoms with van der Waals surface area (Å²) in [5.74, 6) is -0.873. The van der Waals surface area contributed by atoms with Gasteiger partial charge in [0.05, 0.1) is 44.1 Å². The highest BCUT2D eigenvalue weighted by Gasteiger charge is 2.24. The Morgan fingerprint density at radius 3 is 2.54 bits per heavy atom. The summed E-state index contributed by atoms with van der Waals surface area (Å²) in [4.78, 5) is 3.27. The van der Waals surface area contributed by atoms with E-state index in [4.69, 9.17) is 11.6 Å². The molecular weight excluding hydrogens is 377 g/mol. The number of benzene rings is 2. The highest BCUT2D eigenvalue weighted by molar-refractivity contribution is 7.92. The van der Waals surface area contributed by atoms with Crippen LogP contribution in [0, 0.1) is 5.82 Å². The van der Waals surface area contributed by atoms with Gasteiger partial charge in [0.2, 0.25) is 0 Å². The maximum Gasteiger partial charge on any atom is 0.264 e. The average Bonchev–Trinajstić information content (AvgIpc) is 2.61. The Balaban J connectivity index is 1.86. The smallest absolute Gasteiger partial charge is 0.264 e. The van der Waals surface area contributed by atoms with Crippen molar-refractivity contribution in [3.05, 3.63) is 53.3 Å². The van der Waals surface area contributed by atoms with Crippen LogP contribution >= 0.6 is 11.6 Å². The van der Waals surface area contributed by atoms with Gasteiger partial charge in [0, 0.05) is 5.02 Å². The number of para-hydroxylation sites is 2. The van der Waals surface area contributed by atoms with Gasteiger partial charge in [-0.3, -0.25) is 4.72 Å². The normalized spacial score (nSPS) is 15.9. The first-order chi connectivity index (χ1) is 12.4. The van der Waals surface area contributed by atoms with E-state index in [2.05, 4.69) is 16.5 Å². The first-order valence-corrected chi connectivity index (χ1v) is 10.4. The van der Waals surface area contributed by atoms with E-state index in [0.717, 1.165) is 44.5 Å². The molecule has 2 aromatic rings. The van der Waals surface area contributed by atoms with Crippen LogP contribution in [-0.4, -0.2) is 41.1 Å². The van der Waals surface area contributed by atoms with Crippen LogP contribution in [0.25, 0.3) is 0 Å². The first kappa shape index (κ1) is 18.9. The average molecular weight is 399 g/mol. The molecule has 1 heterocycles. The second-order valence-corrected chi connectivity index (χ2v) is 8.38. The molecule has 0 atom stereocenters. The van der Waals surface area contributed by atoms with Gasteiger partial charge in [-0.2, -0.15) is 0 Å². The number of quaternary nitrogens is 1. The van der Waals surface area contributed by atoms with E-state index < -0.39 is 20.7 Å². The predicted octanol–water partition coefficient (Wildman–Crippen LogP) is 2.00. The molecule has 2 N–H and O–H groups in total. The number of piperazine rings is 1. The van der Waals surface area contributed by atoms with E-state index in [9.17, 15) is 12.8 Å². The molecule has 1 fully saturated rings. The molecule has 140 valence electrons. The zero-order valence-electron chi connectivity index (χ0n) is 14.5. The summed E-state index contributed by atoms with van der Waals surface area (Å²) in [6.45, 7) is 6.94. The number of rotatable bonds is 5. The summed E-state index contributed by atoms with van der Waals surface area (Å²) < 4.78 is 41.9. The number of hydrogen-bond donors (Lipinski definition) is 2. The SMILES string of the molecule is CC[NH+]1CCN(c2ccccc2NS(=O)(=O)c2ccc(Cl)cc2F)CC1. The van der Waals surface area contributed by atoms with Crippen LogP contribution < -0.4 is 14.5 Å². The van der Waals surface area contributed by atoms with E-state index in [1.165, 1.54) is 17.0 Å². The van der Waals surface area contributed by atoms with Crippen LogP contribution in [-0.2, 0) is 10.0 Å². The van der Waals surface area contributed by atoms with Gasteiger partial charge in [-0.05, 0) is 37.3 Å². The van der Waals surface area contributed by atoms with Crippen LogP contribution in [0.5, 0.6) is 0 Å². The third-order valence-corrected chi connectivity index (χ3v) is 6.28. The minimum absolute atomic E-state index is 0.151. The standard InChI is InChI=1S/C18H21ClFN3O2S/c1-2-22-9-11-23(12-10-22)17-6-4-3-5-16(17)21-26(24,25)18-8-7-14(19)13-15(18)20/h3-8,13,21H,2,9-12H2,1H3/p+1. The zero-order valence-corrected chi connectivity index (χ0v) is 16.1. The molecule has 0 amide bonds. The van der Waals surface area contributed by atoms with Crippen LogP contribution in [0.2, 0.25) is 5.02 Å². The molecule has 26 heavy (non-hydrogen) atoms. The van der Waals surface area contributed by atoms with Crippen molar-refractivity contribution in [2.75, 3.05) is 42.3 Å². The lowest BCUT2D eigenvalue weighted by Gasteiger charge is -2.34. The summed E-state index contributed by atoms with van der Waals surface area (Å²) in [7, 11) is -4.05. The highest BCUT2D eigenvalue weighted by Crippen LogP contribution is 2.29. The Morgan fingerprint density at radius 1 is 1.19 bits per heavy atom. The van der Waals surface area contributed by atoms with Gasteiger partial charge in [-0.15, -0.1) is 0 Å². The van der Waals surface area contributed by atoms with Gasteiger partial charge >= 0.3 is 0 Å². The molecule has 3 rings (SSSR count). The largest absolute Gasteiger partial charge is 0.359 e. The van der Waals surface area contributed by atoms with Gasteiger partial charge in [0.1, 0.15) is 10.7 Å². The molecule has 0 radical (unpaired) electrons. The fraction of sp³-hybridized carbons (Fsp3) is 0.333. The lowest BCUT2D eigenvalue weighted by molar-refractivity contribution is -0.898. The maximum atomic E-state index is 14.1. The Kier molecular flexibility index (Phi) is 5.70. The predicted molar refractivity (Wildman–Crippen MR) is 102 cm³/mol. The van der Waals surface area contributed by atoms with Crippen molar-refractivity contribution in [3.8, 4) is 0 Å². The molecule has 0 aliphatic carbocycles. The van der Waals surface area contributed by atoms with Crippen molar-refractivity contribution in [2.45, 2.75) is 11.8 Å². The van der Waals surface area contributed by atoms with E-state index >= 15 is 0 Å². The number of halogens is 2. The topological polar surface area (TPSA) is 53.9 Å². The fourth-order valence-corrected chi connectivity index (χ4v) is 4.44. The lowest BCUT2D eigenvalue weighted by Crippen LogP contribution is -3.14. The quantitative estimate of drug-likeness (QED) is 0.810. The summed E-state index contributed by atoms with van der Waals surface area (Å²) >= 11 is 5.71. The molecule has 5 nitrogen and oxygen atoms in total. The molecule has 8 heteroatoms. The van der Waals surface area contributed by atoms with Crippen molar-refractivity contribution in [1.82, 2.24) is 0 Å². The number of sulfonamides is 1. The molecule has 1 aliphatic heterocycles. The van der Waals surface area contributed by atoms with Crippen molar-refractivity contribution in [3.63, 3.8) is 0 Å². The van der Waals surface area contributed by atoms with Crippen LogP contribution in [0.15, 0.2) is 47.4 Å². The van der Waals surface area contributed by atoms with E-state index in [-0.39, 0.29) is 5.02 Å². The van der Waals surface area contributed by atoms with Gasteiger partial charge in [0.15, 0.2) is 0 Å². The second kappa shape index (κ2) is 7.82. The molecule has 0 saturated carbocycles. The Bertz CT molecular complexity index is 884. The molecule has 0 bridgehead atoms. The fourth-order valence-electron chi connectivity index (χ4n) is 3.15. The van der Waals surface area contributed by atoms with E-state index in [0.29, 0.717) is 5.69 Å². The molecule has 2 aromatic carbocycles. The third-order valence-electron chi connectivity index (χ3n) is 4.64. The summed E-state index contributed by atoms with van der Waals surface area (Å²) in [6.07, 6.45) is 0. The monoisotopic (exact) mass is 398 g/mol. The van der Waals surface area contributed by atoms with Crippen molar-refractivity contribution < 1.29 is 17.7 Å². The van der Waals surface area contributed by atoms with Crippen molar-refractivity contribution >= 4 is 33.0 Å². The highest BCUT2D eigenvalue weighted by atomic mass is 35.5. The Labute approximate surface area is 158 Å². The zero-order chi connectivity index (χ0) is 18.7. The molecule has 0 aromatic heterocycles. The Morgan fingerprint density at radius 2 is 1.88 bits per heavy atom. The summed E-state index contributed by atoms with van der Waals surface area (Å²) in [5, 5.41) is 0.151. The number of hydrogen-bond acceptors (Lipinski definition) is 3. The van der Waals surface area contributed by atoms with E-state index in [1.807, 2.05) is 12.1 Å². The van der Waals surface area contributed by atoms with Crippen LogP contribution in [0.4, 0.5) is 15.8 Å². The van der Waals surface area contributed by atoms with Gasteiger partial charge in [-0.25, -0.2) is 12.8 Å². The van der Waals surface area contributed by atoms with Crippen molar-refractivity contribution in [2.24, 2.45) is 0 Å². The summed E-state index contributed by atoms with van der Waals surface area (Å²) in [5.41, 5.74) is 1.25. The number of nitrogens with zero attached hydrogens (tertiary/aromatic N) is 1. The minimum atomic E-state index is -4.05. The maximum absolute atomic E-state index is 14.1. The number of anilines is 2. The third kappa shape index (κ3) is 4.11.